The Bertz CT molecular complexity index is 1270. The molecule has 2 N–H and O–H groups in total. The molecule has 0 aliphatic carbocycles. The number of hydrogen-bond acceptors (Lipinski definition) is 4. The van der Waals surface area contributed by atoms with E-state index in [2.05, 4.69) is 15.7 Å². The number of carbonyl (C=O) groups is 2. The second kappa shape index (κ2) is 9.62. The molecule has 32 heavy (non-hydrogen) atoms. The zero-order valence-electron chi connectivity index (χ0n) is 17.5. The molecule has 0 saturated heterocycles. The van der Waals surface area contributed by atoms with Gasteiger partial charge in [-0.2, -0.15) is 5.10 Å². The number of aromatic nitrogens is 3. The first-order chi connectivity index (χ1) is 15.5. The quantitative estimate of drug-likeness (QED) is 0.423. The summed E-state index contributed by atoms with van der Waals surface area (Å²) < 4.78 is 1.75. The molecule has 2 aromatic heterocycles. The number of rotatable bonds is 7. The predicted molar refractivity (Wildman–Crippen MR) is 125 cm³/mol. The fourth-order valence-corrected chi connectivity index (χ4v) is 3.60. The van der Waals surface area contributed by atoms with E-state index in [1.807, 2.05) is 54.6 Å². The van der Waals surface area contributed by atoms with Gasteiger partial charge in [-0.05, 0) is 17.7 Å². The number of nitrogens with zero attached hydrogens (tertiary/aromatic N) is 3. The summed E-state index contributed by atoms with van der Waals surface area (Å²) >= 11 is 6.34. The smallest absolute Gasteiger partial charge is 0.252 e. The summed E-state index contributed by atoms with van der Waals surface area (Å²) in [6, 6.07) is 19.0. The van der Waals surface area contributed by atoms with Crippen LogP contribution in [-0.4, -0.2) is 39.7 Å². The van der Waals surface area contributed by atoms with Crippen molar-refractivity contribution in [3.63, 3.8) is 0 Å². The van der Waals surface area contributed by atoms with Crippen LogP contribution in [0.4, 0.5) is 0 Å². The summed E-state index contributed by atoms with van der Waals surface area (Å²) in [7, 11) is 0. The number of fused-ring (bicyclic) bond motifs is 1. The third kappa shape index (κ3) is 4.78. The van der Waals surface area contributed by atoms with Gasteiger partial charge in [0.2, 0.25) is 5.91 Å². The molecular weight excluding hydrogens is 426 g/mol. The minimum Gasteiger partial charge on any atom is -0.355 e. The summed E-state index contributed by atoms with van der Waals surface area (Å²) in [6.45, 7) is 2.54. The Labute approximate surface area is 190 Å². The molecule has 4 rings (SSSR count). The van der Waals surface area contributed by atoms with Crippen molar-refractivity contribution in [2.75, 3.05) is 13.1 Å². The fraction of sp³-hybridized carbons (Fsp3) is 0.167. The van der Waals surface area contributed by atoms with E-state index in [-0.39, 0.29) is 11.8 Å². The van der Waals surface area contributed by atoms with Gasteiger partial charge >= 0.3 is 0 Å². The lowest BCUT2D eigenvalue weighted by molar-refractivity contribution is -0.118. The Morgan fingerprint density at radius 2 is 1.72 bits per heavy atom. The molecule has 0 spiro atoms. The number of pyridine rings is 1. The van der Waals surface area contributed by atoms with Crippen molar-refractivity contribution in [3.8, 4) is 11.3 Å². The van der Waals surface area contributed by atoms with Gasteiger partial charge in [0.15, 0.2) is 5.65 Å². The SMILES string of the molecule is CC(=O)NCCNC(=O)c1cc(-c2ccccc2)nc2c1cnn2Cc1ccccc1Cl. The maximum Gasteiger partial charge on any atom is 0.252 e. The maximum absolute atomic E-state index is 13.0. The number of carbonyl (C=O) groups excluding carboxylic acids is 2. The van der Waals surface area contributed by atoms with E-state index >= 15 is 0 Å². The van der Waals surface area contributed by atoms with Crippen LogP contribution >= 0.6 is 11.6 Å². The highest BCUT2D eigenvalue weighted by molar-refractivity contribution is 6.31. The molecule has 4 aromatic rings. The Morgan fingerprint density at radius 1 is 1.00 bits per heavy atom. The highest BCUT2D eigenvalue weighted by Gasteiger charge is 2.18. The van der Waals surface area contributed by atoms with Crippen molar-refractivity contribution >= 4 is 34.4 Å². The minimum atomic E-state index is -0.253. The molecule has 0 saturated carbocycles. The van der Waals surface area contributed by atoms with Crippen LogP contribution in [0.15, 0.2) is 66.9 Å². The summed E-state index contributed by atoms with van der Waals surface area (Å²) in [5.41, 5.74) is 3.55. The molecule has 0 fully saturated rings. The molecule has 7 nitrogen and oxygen atoms in total. The summed E-state index contributed by atoms with van der Waals surface area (Å²) in [5, 5.41) is 11.3. The average molecular weight is 448 g/mol. The van der Waals surface area contributed by atoms with E-state index < -0.39 is 0 Å². The van der Waals surface area contributed by atoms with E-state index in [9.17, 15) is 9.59 Å². The Morgan fingerprint density at radius 3 is 2.47 bits per heavy atom. The first-order valence-corrected chi connectivity index (χ1v) is 10.6. The van der Waals surface area contributed by atoms with Crippen molar-refractivity contribution < 1.29 is 9.59 Å². The molecule has 2 heterocycles. The van der Waals surface area contributed by atoms with E-state index in [0.29, 0.717) is 46.9 Å². The third-order valence-corrected chi connectivity index (χ3v) is 5.35. The fourth-order valence-electron chi connectivity index (χ4n) is 3.41. The van der Waals surface area contributed by atoms with Crippen LogP contribution < -0.4 is 10.6 Å². The summed E-state index contributed by atoms with van der Waals surface area (Å²) in [6.07, 6.45) is 1.65. The number of benzene rings is 2. The normalized spacial score (nSPS) is 10.8. The van der Waals surface area contributed by atoms with Gasteiger partial charge in [-0.3, -0.25) is 9.59 Å². The van der Waals surface area contributed by atoms with E-state index in [1.54, 1.807) is 16.9 Å². The van der Waals surface area contributed by atoms with Crippen molar-refractivity contribution in [2.24, 2.45) is 0 Å². The molecule has 162 valence electrons. The van der Waals surface area contributed by atoms with Crippen LogP contribution in [0, 0.1) is 0 Å². The predicted octanol–water partition coefficient (Wildman–Crippen LogP) is 3.67. The first-order valence-electron chi connectivity index (χ1n) is 10.2. The Kier molecular flexibility index (Phi) is 6.47. The lowest BCUT2D eigenvalue weighted by Crippen LogP contribution is -2.33. The number of amides is 2. The van der Waals surface area contributed by atoms with Crippen molar-refractivity contribution in [2.45, 2.75) is 13.5 Å². The molecule has 0 bridgehead atoms. The zero-order chi connectivity index (χ0) is 22.5. The molecule has 2 amide bonds. The van der Waals surface area contributed by atoms with Gasteiger partial charge in [0.05, 0.1) is 29.4 Å². The maximum atomic E-state index is 13.0. The second-order valence-corrected chi connectivity index (χ2v) is 7.70. The van der Waals surface area contributed by atoms with Crippen molar-refractivity contribution in [3.05, 3.63) is 83.0 Å². The van der Waals surface area contributed by atoms with E-state index in [0.717, 1.165) is 11.1 Å². The van der Waals surface area contributed by atoms with Gasteiger partial charge in [0.25, 0.3) is 5.91 Å². The molecule has 0 atom stereocenters. The van der Waals surface area contributed by atoms with Gasteiger partial charge in [-0.25, -0.2) is 9.67 Å². The molecule has 8 heteroatoms. The standard InChI is InChI=1S/C24H22ClN5O2/c1-16(31)26-11-12-27-24(32)19-13-22(17-7-3-2-4-8-17)29-23-20(19)14-28-30(23)15-18-9-5-6-10-21(18)25/h2-10,13-14H,11-12,15H2,1H3,(H,26,31)(H,27,32). The second-order valence-electron chi connectivity index (χ2n) is 7.29. The number of hydrogen-bond donors (Lipinski definition) is 2. The third-order valence-electron chi connectivity index (χ3n) is 4.99. The van der Waals surface area contributed by atoms with E-state index in [1.165, 1.54) is 6.92 Å². The lowest BCUT2D eigenvalue weighted by Gasteiger charge is -2.10. The highest BCUT2D eigenvalue weighted by atomic mass is 35.5. The topological polar surface area (TPSA) is 88.9 Å². The zero-order valence-corrected chi connectivity index (χ0v) is 18.3. The molecule has 0 aliphatic heterocycles. The molecule has 0 unspecified atom stereocenters. The monoisotopic (exact) mass is 447 g/mol. The van der Waals surface area contributed by atoms with Crippen LogP contribution in [-0.2, 0) is 11.3 Å². The van der Waals surface area contributed by atoms with Gasteiger partial charge in [0.1, 0.15) is 0 Å². The van der Waals surface area contributed by atoms with Crippen molar-refractivity contribution in [1.82, 2.24) is 25.4 Å². The minimum absolute atomic E-state index is 0.141. The molecule has 0 radical (unpaired) electrons. The molecular formula is C24H22ClN5O2. The van der Waals surface area contributed by atoms with Crippen molar-refractivity contribution in [1.29, 1.82) is 0 Å². The Hall–Kier alpha value is -3.71. The van der Waals surface area contributed by atoms with Gasteiger partial charge in [-0.15, -0.1) is 0 Å². The molecule has 0 aliphatic rings. The lowest BCUT2D eigenvalue weighted by atomic mass is 10.1. The largest absolute Gasteiger partial charge is 0.355 e. The number of nitrogens with one attached hydrogen (secondary N) is 2. The van der Waals surface area contributed by atoms with E-state index in [4.69, 9.17) is 16.6 Å². The van der Waals surface area contributed by atoms with Crippen LogP contribution in [0.5, 0.6) is 0 Å². The van der Waals surface area contributed by atoms with Gasteiger partial charge in [0, 0.05) is 30.6 Å². The first kappa shape index (κ1) is 21.5. The highest BCUT2D eigenvalue weighted by Crippen LogP contribution is 2.26. The van der Waals surface area contributed by atoms with Crippen LogP contribution in [0.2, 0.25) is 5.02 Å². The average Bonchev–Trinajstić information content (AvgIpc) is 3.20. The number of halogens is 1. The van der Waals surface area contributed by atoms with Crippen LogP contribution in [0.25, 0.3) is 22.3 Å². The van der Waals surface area contributed by atoms with Crippen LogP contribution in [0.3, 0.4) is 0 Å². The van der Waals surface area contributed by atoms with Gasteiger partial charge in [-0.1, -0.05) is 60.1 Å². The summed E-state index contributed by atoms with van der Waals surface area (Å²) in [4.78, 5) is 28.9. The Balaban J connectivity index is 1.73. The van der Waals surface area contributed by atoms with Crippen LogP contribution in [0.1, 0.15) is 22.8 Å². The summed E-state index contributed by atoms with van der Waals surface area (Å²) in [5.74, 6) is -0.394. The molecule has 2 aromatic carbocycles. The van der Waals surface area contributed by atoms with Gasteiger partial charge < -0.3 is 10.6 Å².